The van der Waals surface area contributed by atoms with Crippen LogP contribution in [-0.2, 0) is 16.6 Å². The molecule has 45 heavy (non-hydrogen) atoms. The molecule has 230 valence electrons. The minimum Gasteiger partial charge on any atom is -0.478 e. The Hall–Kier alpha value is -4.58. The van der Waals surface area contributed by atoms with Crippen LogP contribution in [0.15, 0.2) is 97.2 Å². The lowest BCUT2D eigenvalue weighted by Crippen LogP contribution is -2.30. The molecule has 0 amide bonds. The van der Waals surface area contributed by atoms with Crippen molar-refractivity contribution in [2.45, 2.75) is 12.1 Å². The summed E-state index contributed by atoms with van der Waals surface area (Å²) in [5.41, 5.74) is -3.08. The fourth-order valence-electron chi connectivity index (χ4n) is 4.53. The first-order chi connectivity index (χ1) is 21.3. The highest BCUT2D eigenvalue weighted by Gasteiger charge is 2.46. The summed E-state index contributed by atoms with van der Waals surface area (Å²) in [5, 5.41) is 10.4. The van der Waals surface area contributed by atoms with Crippen molar-refractivity contribution >= 4 is 57.0 Å². The van der Waals surface area contributed by atoms with E-state index in [-0.39, 0.29) is 29.2 Å². The number of nitrogens with one attached hydrogen (secondary N) is 1. The molecule has 5 rings (SSSR count). The molecule has 0 aliphatic carbocycles. The number of anilines is 1. The molecule has 0 atom stereocenters. The van der Waals surface area contributed by atoms with Gasteiger partial charge in [-0.25, -0.2) is 9.78 Å². The van der Waals surface area contributed by atoms with Gasteiger partial charge in [0, 0.05) is 23.3 Å². The molecular weight excluding hydrogens is 650 g/mol. The number of aromatic nitrogens is 2. The molecule has 0 radical (unpaired) electrons. The Labute approximate surface area is 266 Å². The molecule has 1 aromatic heterocycles. The van der Waals surface area contributed by atoms with Crippen LogP contribution in [0.2, 0.25) is 10.0 Å². The van der Waals surface area contributed by atoms with Gasteiger partial charge in [0.1, 0.15) is 5.82 Å². The van der Waals surface area contributed by atoms with Crippen LogP contribution in [0.5, 0.6) is 0 Å². The van der Waals surface area contributed by atoms with Gasteiger partial charge in [0.05, 0.1) is 22.0 Å². The van der Waals surface area contributed by atoms with Crippen molar-refractivity contribution in [2.24, 2.45) is 0 Å². The van der Waals surface area contributed by atoms with Crippen LogP contribution in [0.1, 0.15) is 27.3 Å². The number of imidazole rings is 1. The monoisotopic (exact) mass is 671 g/mol. The van der Waals surface area contributed by atoms with E-state index in [1.165, 1.54) is 30.4 Å². The van der Waals surface area contributed by atoms with Gasteiger partial charge in [0.15, 0.2) is 0 Å². The van der Waals surface area contributed by atoms with Crippen molar-refractivity contribution in [3.63, 3.8) is 0 Å². The Kier molecular flexibility index (Phi) is 9.06. The lowest BCUT2D eigenvalue weighted by Gasteiger charge is -2.14. The number of carboxylic acids is 1. The Morgan fingerprint density at radius 2 is 1.62 bits per heavy atom. The predicted octanol–water partition coefficient (Wildman–Crippen LogP) is 8.70. The van der Waals surface area contributed by atoms with Gasteiger partial charge in [-0.3, -0.25) is 4.72 Å². The molecule has 0 spiro atoms. The molecule has 4 aromatic carbocycles. The molecule has 0 saturated carbocycles. The van der Waals surface area contributed by atoms with E-state index in [0.29, 0.717) is 38.0 Å². The highest BCUT2D eigenvalue weighted by molar-refractivity contribution is 7.93. The van der Waals surface area contributed by atoms with Gasteiger partial charge in [-0.1, -0.05) is 83.9 Å². The smallest absolute Gasteiger partial charge is 0.478 e. The van der Waals surface area contributed by atoms with Crippen LogP contribution in [0.3, 0.4) is 0 Å². The summed E-state index contributed by atoms with van der Waals surface area (Å²) < 4.78 is 67.6. The lowest BCUT2D eigenvalue weighted by atomic mass is 10.0. The van der Waals surface area contributed by atoms with E-state index in [0.717, 1.165) is 0 Å². The number of sulfonamides is 1. The lowest BCUT2D eigenvalue weighted by molar-refractivity contribution is -0.0429. The molecule has 0 fully saturated rings. The Balaban J connectivity index is 1.61. The van der Waals surface area contributed by atoms with E-state index < -0.39 is 21.5 Å². The van der Waals surface area contributed by atoms with Gasteiger partial charge in [0.25, 0.3) is 0 Å². The van der Waals surface area contributed by atoms with Crippen molar-refractivity contribution in [3.8, 4) is 22.4 Å². The van der Waals surface area contributed by atoms with Crippen molar-refractivity contribution in [1.82, 2.24) is 9.55 Å². The van der Waals surface area contributed by atoms with Crippen LogP contribution in [-0.4, -0.2) is 34.6 Å². The number of alkyl halides is 3. The zero-order valence-electron chi connectivity index (χ0n) is 23.0. The highest BCUT2D eigenvalue weighted by atomic mass is 35.5. The van der Waals surface area contributed by atoms with Crippen molar-refractivity contribution in [2.75, 3.05) is 4.72 Å². The molecule has 7 nitrogen and oxygen atoms in total. The molecular formula is C32H22Cl2F3N3O4S. The second-order valence-electron chi connectivity index (χ2n) is 9.75. The van der Waals surface area contributed by atoms with Crippen LogP contribution >= 0.6 is 23.2 Å². The summed E-state index contributed by atoms with van der Waals surface area (Å²) in [6.07, 6.45) is 4.55. The van der Waals surface area contributed by atoms with Gasteiger partial charge in [0.2, 0.25) is 0 Å². The largest absolute Gasteiger partial charge is 0.516 e. The maximum absolute atomic E-state index is 13.4. The average molecular weight is 673 g/mol. The number of nitrogens with zero attached hydrogens (tertiary/aromatic N) is 2. The average Bonchev–Trinajstić information content (AvgIpc) is 3.38. The molecule has 5 aromatic rings. The summed E-state index contributed by atoms with van der Waals surface area (Å²) >= 11 is 12.5. The fourth-order valence-corrected chi connectivity index (χ4v) is 5.62. The number of hydrogen-bond donors (Lipinski definition) is 2. The second kappa shape index (κ2) is 12.8. The summed E-state index contributed by atoms with van der Waals surface area (Å²) in [6, 6.07) is 24.4. The predicted molar refractivity (Wildman–Crippen MR) is 170 cm³/mol. The molecule has 0 unspecified atom stereocenters. The third-order valence-electron chi connectivity index (χ3n) is 6.72. The third-order valence-corrected chi connectivity index (χ3v) is 8.37. The molecule has 2 N–H and O–H groups in total. The van der Waals surface area contributed by atoms with Gasteiger partial charge < -0.3 is 9.67 Å². The number of benzene rings is 4. The number of rotatable bonds is 9. The Morgan fingerprint density at radius 1 is 0.911 bits per heavy atom. The quantitative estimate of drug-likeness (QED) is 0.163. The summed E-state index contributed by atoms with van der Waals surface area (Å²) in [5.74, 6) is -0.836. The summed E-state index contributed by atoms with van der Waals surface area (Å²) in [4.78, 5) is 16.5. The van der Waals surface area contributed by atoms with Crippen LogP contribution in [0.25, 0.3) is 34.5 Å². The van der Waals surface area contributed by atoms with E-state index in [9.17, 15) is 31.5 Å². The molecule has 0 bridgehead atoms. The number of halogens is 5. The third kappa shape index (κ3) is 7.22. The molecule has 0 aliphatic heterocycles. The standard InChI is InChI=1S/C32H22Cl2F3N3O4S/c33-24-13-14-26(27(34)17-24)29-19-40(18-23-8-4-5-9-25(23)31(41)42)30(38-29)15-12-21-10-11-22(20-6-2-1-3-7-20)16-28(21)39-45(43,44)32(35,36)37/h1-17,19,39H,18H2,(H,41,42). The minimum atomic E-state index is -5.74. The van der Waals surface area contributed by atoms with E-state index in [1.54, 1.807) is 88.3 Å². The first-order valence-corrected chi connectivity index (χ1v) is 15.4. The summed E-state index contributed by atoms with van der Waals surface area (Å²) in [6.45, 7) is 0.0703. The fraction of sp³-hybridized carbons (Fsp3) is 0.0625. The SMILES string of the molecule is O=C(O)c1ccccc1Cn1cc(-c2ccc(Cl)cc2Cl)nc1C=Cc1ccc(-c2ccccc2)cc1NS(=O)(=O)C(F)(F)F. The number of carbonyl (C=O) groups is 1. The van der Waals surface area contributed by atoms with Gasteiger partial charge in [-0.15, -0.1) is 0 Å². The molecule has 1 heterocycles. The van der Waals surface area contributed by atoms with E-state index in [1.807, 2.05) is 0 Å². The van der Waals surface area contributed by atoms with Crippen molar-refractivity contribution in [3.05, 3.63) is 130 Å². The molecule has 0 saturated heterocycles. The number of aromatic carboxylic acids is 1. The van der Waals surface area contributed by atoms with Crippen molar-refractivity contribution < 1.29 is 31.5 Å². The van der Waals surface area contributed by atoms with E-state index in [2.05, 4.69) is 4.98 Å². The first-order valence-electron chi connectivity index (χ1n) is 13.1. The zero-order chi connectivity index (χ0) is 32.4. The van der Waals surface area contributed by atoms with Crippen LogP contribution < -0.4 is 4.72 Å². The van der Waals surface area contributed by atoms with Gasteiger partial charge >= 0.3 is 21.5 Å². The first kappa shape index (κ1) is 31.8. The number of hydrogen-bond acceptors (Lipinski definition) is 4. The summed E-state index contributed by atoms with van der Waals surface area (Å²) in [7, 11) is -5.74. The second-order valence-corrected chi connectivity index (χ2v) is 12.3. The van der Waals surface area contributed by atoms with Crippen molar-refractivity contribution in [1.29, 1.82) is 0 Å². The van der Waals surface area contributed by atoms with Crippen LogP contribution in [0, 0.1) is 0 Å². The van der Waals surface area contributed by atoms with Gasteiger partial charge in [-0.05, 0) is 64.7 Å². The minimum absolute atomic E-state index is 0.0703. The Morgan fingerprint density at radius 3 is 2.31 bits per heavy atom. The van der Waals surface area contributed by atoms with E-state index in [4.69, 9.17) is 23.2 Å². The van der Waals surface area contributed by atoms with E-state index >= 15 is 0 Å². The zero-order valence-corrected chi connectivity index (χ0v) is 25.3. The maximum atomic E-state index is 13.4. The number of carboxylic acid groups (broad SMARTS) is 1. The highest BCUT2D eigenvalue weighted by Crippen LogP contribution is 2.33. The molecule has 13 heteroatoms. The topological polar surface area (TPSA) is 101 Å². The van der Waals surface area contributed by atoms with Crippen LogP contribution in [0.4, 0.5) is 18.9 Å². The Bertz CT molecular complexity index is 2030. The van der Waals surface area contributed by atoms with Gasteiger partial charge in [-0.2, -0.15) is 21.6 Å². The normalized spacial score (nSPS) is 12.0. The maximum Gasteiger partial charge on any atom is 0.516 e. The molecule has 0 aliphatic rings.